The van der Waals surface area contributed by atoms with Crippen molar-refractivity contribution in [3.8, 4) is 0 Å². The average Bonchev–Trinajstić information content (AvgIpc) is 1.94. The van der Waals surface area contributed by atoms with Gasteiger partial charge in [-0.05, 0) is 6.92 Å². The van der Waals surface area contributed by atoms with Crippen molar-refractivity contribution in [1.82, 2.24) is 4.90 Å². The fourth-order valence-electron chi connectivity index (χ4n) is 1.36. The average molecular weight is 211 g/mol. The molecule has 0 aromatic carbocycles. The predicted molar refractivity (Wildman–Crippen MR) is 42.5 cm³/mol. The van der Waals surface area contributed by atoms with Gasteiger partial charge < -0.3 is 10.0 Å². The van der Waals surface area contributed by atoms with Gasteiger partial charge in [0.1, 0.15) is 0 Å². The van der Waals surface area contributed by atoms with Crippen LogP contribution >= 0.6 is 0 Å². The lowest BCUT2D eigenvalue weighted by Gasteiger charge is -2.44. The largest absolute Gasteiger partial charge is 0.389 e. The molecule has 0 unspecified atom stereocenters. The molecule has 0 aromatic heterocycles. The minimum Gasteiger partial charge on any atom is -0.386 e. The number of carbonyl (C=O) groups is 1. The number of β-amino-alcohol motifs (C(OH)–C–C–N with tert-alkyl or cyclic N) is 1. The number of rotatable bonds is 2. The van der Waals surface area contributed by atoms with E-state index in [0.717, 1.165) is 0 Å². The normalized spacial score (nSPS) is 20.5. The van der Waals surface area contributed by atoms with Crippen molar-refractivity contribution in [2.24, 2.45) is 0 Å². The fourth-order valence-corrected chi connectivity index (χ4v) is 1.36. The van der Waals surface area contributed by atoms with E-state index in [4.69, 9.17) is 0 Å². The SMILES string of the molecule is CC1(O)CN(C(=O)CCC(F)(F)F)C1. The molecule has 1 saturated heterocycles. The fraction of sp³-hybridized carbons (Fsp3) is 0.875. The van der Waals surface area contributed by atoms with Crippen LogP contribution in [0.4, 0.5) is 13.2 Å². The molecule has 0 aromatic rings. The molecule has 0 atom stereocenters. The molecule has 1 N–H and O–H groups in total. The van der Waals surface area contributed by atoms with E-state index in [1.165, 1.54) is 4.90 Å². The molecule has 14 heavy (non-hydrogen) atoms. The van der Waals surface area contributed by atoms with Crippen LogP contribution in [0.5, 0.6) is 0 Å². The number of alkyl halides is 3. The number of likely N-dealkylation sites (tertiary alicyclic amines) is 1. The number of aliphatic hydroxyl groups is 1. The Bertz CT molecular complexity index is 229. The lowest BCUT2D eigenvalue weighted by atomic mass is 9.96. The molecule has 0 spiro atoms. The molecule has 1 rings (SSSR count). The van der Waals surface area contributed by atoms with E-state index < -0.39 is 30.5 Å². The van der Waals surface area contributed by atoms with Crippen LogP contribution < -0.4 is 0 Å². The first-order valence-corrected chi connectivity index (χ1v) is 4.26. The number of nitrogens with zero attached hydrogens (tertiary/aromatic N) is 1. The van der Waals surface area contributed by atoms with Gasteiger partial charge in [0.2, 0.25) is 5.91 Å². The molecule has 0 bridgehead atoms. The highest BCUT2D eigenvalue weighted by molar-refractivity contribution is 5.77. The van der Waals surface area contributed by atoms with Crippen molar-refractivity contribution in [3.63, 3.8) is 0 Å². The van der Waals surface area contributed by atoms with E-state index in [2.05, 4.69) is 0 Å². The van der Waals surface area contributed by atoms with Crippen LogP contribution in [-0.4, -0.2) is 40.8 Å². The molecule has 1 amide bonds. The second-order valence-electron chi connectivity index (χ2n) is 3.86. The monoisotopic (exact) mass is 211 g/mol. The van der Waals surface area contributed by atoms with Crippen LogP contribution in [0.15, 0.2) is 0 Å². The van der Waals surface area contributed by atoms with E-state index in [0.29, 0.717) is 0 Å². The summed E-state index contributed by atoms with van der Waals surface area (Å²) in [5.41, 5.74) is -0.923. The zero-order chi connectivity index (χ0) is 11.0. The van der Waals surface area contributed by atoms with Crippen molar-refractivity contribution in [2.75, 3.05) is 13.1 Å². The Labute approximate surface area is 79.5 Å². The zero-order valence-corrected chi connectivity index (χ0v) is 7.76. The first-order valence-electron chi connectivity index (χ1n) is 4.26. The molecule has 1 aliphatic rings. The maximum absolute atomic E-state index is 11.7. The van der Waals surface area contributed by atoms with Crippen LogP contribution in [0.3, 0.4) is 0 Å². The smallest absolute Gasteiger partial charge is 0.386 e. The topological polar surface area (TPSA) is 40.5 Å². The highest BCUT2D eigenvalue weighted by Crippen LogP contribution is 2.25. The summed E-state index contributed by atoms with van der Waals surface area (Å²) in [5, 5.41) is 9.24. The van der Waals surface area contributed by atoms with E-state index >= 15 is 0 Å². The molecule has 0 aliphatic carbocycles. The number of hydrogen-bond donors (Lipinski definition) is 1. The summed E-state index contributed by atoms with van der Waals surface area (Å²) in [5.74, 6) is -0.547. The number of hydrogen-bond acceptors (Lipinski definition) is 2. The van der Waals surface area contributed by atoms with Crippen molar-refractivity contribution in [3.05, 3.63) is 0 Å². The molecule has 1 fully saturated rings. The molecule has 3 nitrogen and oxygen atoms in total. The van der Waals surface area contributed by atoms with Gasteiger partial charge in [0.15, 0.2) is 0 Å². The quantitative estimate of drug-likeness (QED) is 0.737. The lowest BCUT2D eigenvalue weighted by Crippen LogP contribution is -2.61. The Kier molecular flexibility index (Phi) is 2.76. The third kappa shape index (κ3) is 3.17. The Morgan fingerprint density at radius 3 is 2.36 bits per heavy atom. The first-order chi connectivity index (χ1) is 6.20. The molecular weight excluding hydrogens is 199 g/mol. The first kappa shape index (κ1) is 11.3. The third-order valence-electron chi connectivity index (χ3n) is 2.04. The van der Waals surface area contributed by atoms with E-state index in [-0.39, 0.29) is 13.1 Å². The Morgan fingerprint density at radius 2 is 2.00 bits per heavy atom. The van der Waals surface area contributed by atoms with Gasteiger partial charge in [0.25, 0.3) is 0 Å². The van der Waals surface area contributed by atoms with Crippen molar-refractivity contribution in [1.29, 1.82) is 0 Å². The molecule has 6 heteroatoms. The third-order valence-corrected chi connectivity index (χ3v) is 2.04. The van der Waals surface area contributed by atoms with E-state index in [1.807, 2.05) is 0 Å². The summed E-state index contributed by atoms with van der Waals surface area (Å²) in [7, 11) is 0. The van der Waals surface area contributed by atoms with Gasteiger partial charge in [-0.15, -0.1) is 0 Å². The number of halogens is 3. The lowest BCUT2D eigenvalue weighted by molar-refractivity contribution is -0.162. The van der Waals surface area contributed by atoms with E-state index in [9.17, 15) is 23.1 Å². The Balaban J connectivity index is 2.25. The molecule has 0 saturated carbocycles. The highest BCUT2D eigenvalue weighted by Gasteiger charge is 2.40. The Hall–Kier alpha value is -0.780. The summed E-state index contributed by atoms with van der Waals surface area (Å²) in [4.78, 5) is 12.3. The molecule has 1 aliphatic heterocycles. The summed E-state index contributed by atoms with van der Waals surface area (Å²) in [6.45, 7) is 1.80. The summed E-state index contributed by atoms with van der Waals surface area (Å²) in [6, 6.07) is 0. The van der Waals surface area contributed by atoms with Gasteiger partial charge >= 0.3 is 6.18 Å². The van der Waals surface area contributed by atoms with Crippen LogP contribution in [0.25, 0.3) is 0 Å². The summed E-state index contributed by atoms with van der Waals surface area (Å²) < 4.78 is 35.2. The van der Waals surface area contributed by atoms with Gasteiger partial charge in [-0.3, -0.25) is 4.79 Å². The van der Waals surface area contributed by atoms with Crippen LogP contribution in [0.1, 0.15) is 19.8 Å². The molecule has 1 heterocycles. The van der Waals surface area contributed by atoms with Gasteiger partial charge in [0, 0.05) is 6.42 Å². The predicted octanol–water partition coefficient (Wildman–Crippen LogP) is 0.922. The maximum Gasteiger partial charge on any atom is 0.389 e. The van der Waals surface area contributed by atoms with Crippen LogP contribution in [-0.2, 0) is 4.79 Å². The standard InChI is InChI=1S/C8H12F3NO2/c1-7(14)4-12(5-7)6(13)2-3-8(9,10)11/h14H,2-5H2,1H3. The molecule has 82 valence electrons. The minimum absolute atomic E-state index is 0.129. The van der Waals surface area contributed by atoms with Gasteiger partial charge in [-0.25, -0.2) is 0 Å². The number of amides is 1. The minimum atomic E-state index is -4.29. The second kappa shape index (κ2) is 3.42. The van der Waals surface area contributed by atoms with Crippen LogP contribution in [0.2, 0.25) is 0 Å². The maximum atomic E-state index is 11.7. The zero-order valence-electron chi connectivity index (χ0n) is 7.76. The van der Waals surface area contributed by atoms with Crippen molar-refractivity contribution in [2.45, 2.75) is 31.5 Å². The van der Waals surface area contributed by atoms with Gasteiger partial charge in [-0.1, -0.05) is 0 Å². The van der Waals surface area contributed by atoms with Gasteiger partial charge in [-0.2, -0.15) is 13.2 Å². The number of carbonyl (C=O) groups excluding carboxylic acids is 1. The molecule has 0 radical (unpaired) electrons. The second-order valence-corrected chi connectivity index (χ2v) is 3.86. The van der Waals surface area contributed by atoms with Crippen molar-refractivity contribution < 1.29 is 23.1 Å². The van der Waals surface area contributed by atoms with E-state index in [1.54, 1.807) is 6.92 Å². The summed E-state index contributed by atoms with van der Waals surface area (Å²) >= 11 is 0. The van der Waals surface area contributed by atoms with Gasteiger partial charge in [0.05, 0.1) is 25.1 Å². The highest BCUT2D eigenvalue weighted by atomic mass is 19.4. The Morgan fingerprint density at radius 1 is 1.50 bits per heavy atom. The molecular formula is C8H12F3NO2. The summed E-state index contributed by atoms with van der Waals surface area (Å²) in [6.07, 6.45) is -5.91. The van der Waals surface area contributed by atoms with Crippen molar-refractivity contribution >= 4 is 5.91 Å². The van der Waals surface area contributed by atoms with Crippen LogP contribution in [0, 0.1) is 0 Å².